The highest BCUT2D eigenvalue weighted by Crippen LogP contribution is 2.39. The van der Waals surface area contributed by atoms with Crippen LogP contribution in [-0.2, 0) is 4.74 Å². The van der Waals surface area contributed by atoms with Crippen molar-refractivity contribution in [2.75, 3.05) is 20.8 Å². The maximum atomic E-state index is 6.37. The molecule has 0 aliphatic carbocycles. The van der Waals surface area contributed by atoms with Crippen LogP contribution >= 0.6 is 15.9 Å². The molecule has 3 atom stereocenters. The fourth-order valence-corrected chi connectivity index (χ4v) is 3.07. The minimum Gasteiger partial charge on any atom is -0.493 e. The lowest BCUT2D eigenvalue weighted by Gasteiger charge is -2.21. The van der Waals surface area contributed by atoms with Crippen LogP contribution < -0.4 is 15.2 Å². The van der Waals surface area contributed by atoms with Gasteiger partial charge in [-0.15, -0.1) is 0 Å². The highest BCUT2D eigenvalue weighted by Gasteiger charge is 2.30. The molecule has 0 amide bonds. The molecule has 2 rings (SSSR count). The number of ether oxygens (including phenoxy) is 3. The number of rotatable bonds is 4. The van der Waals surface area contributed by atoms with Gasteiger partial charge in [-0.2, -0.15) is 0 Å². The maximum absolute atomic E-state index is 6.37. The van der Waals surface area contributed by atoms with Gasteiger partial charge >= 0.3 is 0 Å². The summed E-state index contributed by atoms with van der Waals surface area (Å²) in [6, 6.07) is 3.77. The Balaban J connectivity index is 2.28. The zero-order chi connectivity index (χ0) is 14.0. The average Bonchev–Trinajstić information content (AvgIpc) is 2.84. The van der Waals surface area contributed by atoms with E-state index in [1.165, 1.54) is 0 Å². The van der Waals surface area contributed by atoms with Crippen LogP contribution in [0.5, 0.6) is 11.5 Å². The van der Waals surface area contributed by atoms with Gasteiger partial charge in [0.15, 0.2) is 11.5 Å². The minimum atomic E-state index is -0.0702. The summed E-state index contributed by atoms with van der Waals surface area (Å²) in [6.45, 7) is 2.79. The number of halogens is 1. The van der Waals surface area contributed by atoms with Crippen LogP contribution in [0.1, 0.15) is 24.9 Å². The number of benzene rings is 1. The lowest BCUT2D eigenvalue weighted by molar-refractivity contribution is 0.118. The van der Waals surface area contributed by atoms with Gasteiger partial charge in [0, 0.05) is 16.4 Å². The van der Waals surface area contributed by atoms with Crippen molar-refractivity contribution in [3.05, 3.63) is 22.2 Å². The molecule has 106 valence electrons. The molecule has 1 aliphatic rings. The third-order valence-electron chi connectivity index (χ3n) is 3.60. The Labute approximate surface area is 122 Å². The molecule has 4 nitrogen and oxygen atoms in total. The molecule has 0 spiro atoms. The van der Waals surface area contributed by atoms with Crippen molar-refractivity contribution in [1.82, 2.24) is 0 Å². The molecule has 0 aromatic heterocycles. The van der Waals surface area contributed by atoms with Gasteiger partial charge in [0.1, 0.15) is 0 Å². The zero-order valence-electron chi connectivity index (χ0n) is 11.5. The van der Waals surface area contributed by atoms with Crippen molar-refractivity contribution in [2.45, 2.75) is 25.5 Å². The molecule has 3 unspecified atom stereocenters. The van der Waals surface area contributed by atoms with Gasteiger partial charge < -0.3 is 19.9 Å². The summed E-state index contributed by atoms with van der Waals surface area (Å²) in [4.78, 5) is 0. The molecular weight excluding hydrogens is 310 g/mol. The summed E-state index contributed by atoms with van der Waals surface area (Å²) in [5.74, 6) is 1.73. The van der Waals surface area contributed by atoms with E-state index in [0.29, 0.717) is 24.0 Å². The standard InChI is InChI=1S/C14H20BrNO3/c1-8-4-9(7-19-8)14(16)10-5-12(17-2)13(18-3)6-11(10)15/h5-6,8-9,14H,4,7,16H2,1-3H3. The SMILES string of the molecule is COc1cc(Br)c(C(N)C2COC(C)C2)cc1OC. The number of hydrogen-bond acceptors (Lipinski definition) is 4. The first-order chi connectivity index (χ1) is 9.06. The molecule has 1 aliphatic heterocycles. The third kappa shape index (κ3) is 3.04. The van der Waals surface area contributed by atoms with E-state index < -0.39 is 0 Å². The molecule has 1 fully saturated rings. The van der Waals surface area contributed by atoms with E-state index in [2.05, 4.69) is 22.9 Å². The topological polar surface area (TPSA) is 53.7 Å². The molecule has 1 saturated heterocycles. The highest BCUT2D eigenvalue weighted by atomic mass is 79.9. The van der Waals surface area contributed by atoms with E-state index in [0.717, 1.165) is 16.5 Å². The molecule has 1 heterocycles. The van der Waals surface area contributed by atoms with Crippen molar-refractivity contribution in [2.24, 2.45) is 11.7 Å². The molecule has 2 N–H and O–H groups in total. The van der Waals surface area contributed by atoms with Gasteiger partial charge in [0.05, 0.1) is 26.9 Å². The Morgan fingerprint density at radius 3 is 2.47 bits per heavy atom. The Morgan fingerprint density at radius 1 is 1.32 bits per heavy atom. The number of methoxy groups -OCH3 is 2. The van der Waals surface area contributed by atoms with Gasteiger partial charge in [-0.25, -0.2) is 0 Å². The predicted molar refractivity (Wildman–Crippen MR) is 77.7 cm³/mol. The van der Waals surface area contributed by atoms with Gasteiger partial charge in [-0.05, 0) is 31.0 Å². The predicted octanol–water partition coefficient (Wildman–Crippen LogP) is 2.89. The smallest absolute Gasteiger partial charge is 0.161 e. The van der Waals surface area contributed by atoms with Crippen LogP contribution in [0.3, 0.4) is 0 Å². The summed E-state index contributed by atoms with van der Waals surface area (Å²) < 4.78 is 17.1. The summed E-state index contributed by atoms with van der Waals surface area (Å²) in [7, 11) is 3.25. The van der Waals surface area contributed by atoms with Gasteiger partial charge in [0.25, 0.3) is 0 Å². The quantitative estimate of drug-likeness (QED) is 0.922. The second kappa shape index (κ2) is 6.11. The van der Waals surface area contributed by atoms with Crippen LogP contribution in [0.2, 0.25) is 0 Å². The number of hydrogen-bond donors (Lipinski definition) is 1. The molecule has 1 aromatic rings. The molecule has 0 radical (unpaired) electrons. The molecule has 0 saturated carbocycles. The van der Waals surface area contributed by atoms with Gasteiger partial charge in [0.2, 0.25) is 0 Å². The summed E-state index contributed by atoms with van der Waals surface area (Å²) in [5.41, 5.74) is 7.40. The fourth-order valence-electron chi connectivity index (χ4n) is 2.48. The van der Waals surface area contributed by atoms with E-state index in [1.54, 1.807) is 14.2 Å². The van der Waals surface area contributed by atoms with Crippen LogP contribution in [0.15, 0.2) is 16.6 Å². The molecular formula is C14H20BrNO3. The minimum absolute atomic E-state index is 0.0702. The Bertz CT molecular complexity index is 453. The third-order valence-corrected chi connectivity index (χ3v) is 4.29. The number of nitrogens with two attached hydrogens (primary N) is 1. The monoisotopic (exact) mass is 329 g/mol. The van der Waals surface area contributed by atoms with Gasteiger partial charge in [-0.1, -0.05) is 15.9 Å². The second-order valence-corrected chi connectivity index (χ2v) is 5.75. The van der Waals surface area contributed by atoms with Gasteiger partial charge in [-0.3, -0.25) is 0 Å². The second-order valence-electron chi connectivity index (χ2n) is 4.89. The van der Waals surface area contributed by atoms with Crippen molar-refractivity contribution in [3.8, 4) is 11.5 Å². The van der Waals surface area contributed by atoms with Crippen molar-refractivity contribution < 1.29 is 14.2 Å². The fraction of sp³-hybridized carbons (Fsp3) is 0.571. The van der Waals surface area contributed by atoms with E-state index in [1.807, 2.05) is 12.1 Å². The molecule has 1 aromatic carbocycles. The van der Waals surface area contributed by atoms with Crippen molar-refractivity contribution >= 4 is 15.9 Å². The first-order valence-electron chi connectivity index (χ1n) is 6.35. The van der Waals surface area contributed by atoms with E-state index in [-0.39, 0.29) is 12.1 Å². The first-order valence-corrected chi connectivity index (χ1v) is 7.14. The average molecular weight is 330 g/mol. The Kier molecular flexibility index (Phi) is 4.71. The zero-order valence-corrected chi connectivity index (χ0v) is 13.1. The Hall–Kier alpha value is -0.780. The molecule has 5 heteroatoms. The Morgan fingerprint density at radius 2 is 1.95 bits per heavy atom. The van der Waals surface area contributed by atoms with Crippen LogP contribution in [0, 0.1) is 5.92 Å². The highest BCUT2D eigenvalue weighted by molar-refractivity contribution is 9.10. The normalized spacial score (nSPS) is 24.3. The summed E-state index contributed by atoms with van der Waals surface area (Å²) in [5, 5.41) is 0. The summed E-state index contributed by atoms with van der Waals surface area (Å²) in [6.07, 6.45) is 1.28. The largest absolute Gasteiger partial charge is 0.493 e. The van der Waals surface area contributed by atoms with Crippen LogP contribution in [0.4, 0.5) is 0 Å². The van der Waals surface area contributed by atoms with Crippen LogP contribution in [-0.4, -0.2) is 26.9 Å². The van der Waals surface area contributed by atoms with Crippen molar-refractivity contribution in [3.63, 3.8) is 0 Å². The molecule has 0 bridgehead atoms. The molecule has 19 heavy (non-hydrogen) atoms. The lowest BCUT2D eigenvalue weighted by atomic mass is 9.91. The first kappa shape index (κ1) is 14.6. The summed E-state index contributed by atoms with van der Waals surface area (Å²) >= 11 is 3.56. The van der Waals surface area contributed by atoms with Crippen LogP contribution in [0.25, 0.3) is 0 Å². The van der Waals surface area contributed by atoms with Crippen molar-refractivity contribution in [1.29, 1.82) is 0 Å². The van der Waals surface area contributed by atoms with E-state index >= 15 is 0 Å². The van der Waals surface area contributed by atoms with E-state index in [4.69, 9.17) is 19.9 Å². The maximum Gasteiger partial charge on any atom is 0.161 e. The van der Waals surface area contributed by atoms with E-state index in [9.17, 15) is 0 Å². The lowest BCUT2D eigenvalue weighted by Crippen LogP contribution is -2.22.